The van der Waals surface area contributed by atoms with Crippen molar-refractivity contribution in [1.29, 1.82) is 0 Å². The molecule has 0 aromatic carbocycles. The monoisotopic (exact) mass is 225 g/mol. The number of ether oxygens (including phenoxy) is 1. The van der Waals surface area contributed by atoms with E-state index in [0.29, 0.717) is 18.6 Å². The lowest BCUT2D eigenvalue weighted by Gasteiger charge is -2.21. The molecule has 3 nitrogen and oxygen atoms in total. The zero-order chi connectivity index (χ0) is 11.8. The van der Waals surface area contributed by atoms with E-state index in [1.54, 1.807) is 0 Å². The highest BCUT2D eigenvalue weighted by atomic mass is 16.5. The number of carbonyl (C=O) groups excluding carboxylic acids is 1. The van der Waals surface area contributed by atoms with Crippen molar-refractivity contribution < 1.29 is 9.53 Å². The SMILES string of the molecule is CC(C)CO/C=C/C(=O)NC1CCCCC1. The first-order chi connectivity index (χ1) is 7.68. The fraction of sp³-hybridized carbons (Fsp3) is 0.769. The molecule has 1 amide bonds. The molecule has 1 fully saturated rings. The molecule has 0 heterocycles. The van der Waals surface area contributed by atoms with E-state index in [0.717, 1.165) is 12.8 Å². The quantitative estimate of drug-likeness (QED) is 0.577. The molecular formula is C13H23NO2. The molecule has 1 N–H and O–H groups in total. The van der Waals surface area contributed by atoms with Gasteiger partial charge in [0.05, 0.1) is 12.9 Å². The van der Waals surface area contributed by atoms with E-state index in [1.165, 1.54) is 31.6 Å². The zero-order valence-corrected chi connectivity index (χ0v) is 10.4. The first kappa shape index (κ1) is 13.1. The van der Waals surface area contributed by atoms with Gasteiger partial charge in [-0.1, -0.05) is 33.1 Å². The van der Waals surface area contributed by atoms with E-state index >= 15 is 0 Å². The van der Waals surface area contributed by atoms with E-state index in [4.69, 9.17) is 4.74 Å². The lowest BCUT2D eigenvalue weighted by molar-refractivity contribution is -0.117. The third-order valence-corrected chi connectivity index (χ3v) is 2.70. The van der Waals surface area contributed by atoms with Gasteiger partial charge in [0.25, 0.3) is 0 Å². The fourth-order valence-corrected chi connectivity index (χ4v) is 1.85. The minimum Gasteiger partial charge on any atom is -0.501 e. The Balaban J connectivity index is 2.14. The van der Waals surface area contributed by atoms with Gasteiger partial charge in [0, 0.05) is 12.1 Å². The summed E-state index contributed by atoms with van der Waals surface area (Å²) in [4.78, 5) is 11.5. The third-order valence-electron chi connectivity index (χ3n) is 2.70. The molecule has 0 bridgehead atoms. The fourth-order valence-electron chi connectivity index (χ4n) is 1.85. The molecule has 1 saturated carbocycles. The summed E-state index contributed by atoms with van der Waals surface area (Å²) in [6.45, 7) is 4.82. The van der Waals surface area contributed by atoms with Gasteiger partial charge in [-0.25, -0.2) is 0 Å². The summed E-state index contributed by atoms with van der Waals surface area (Å²) in [7, 11) is 0. The number of rotatable bonds is 5. The van der Waals surface area contributed by atoms with Crippen LogP contribution in [-0.4, -0.2) is 18.6 Å². The van der Waals surface area contributed by atoms with Crippen LogP contribution in [0, 0.1) is 5.92 Å². The molecule has 0 spiro atoms. The Morgan fingerprint density at radius 3 is 2.69 bits per heavy atom. The van der Waals surface area contributed by atoms with E-state index in [9.17, 15) is 4.79 Å². The number of hydrogen-bond donors (Lipinski definition) is 1. The predicted molar refractivity (Wildman–Crippen MR) is 64.9 cm³/mol. The summed E-state index contributed by atoms with van der Waals surface area (Å²) in [5, 5.41) is 3.00. The molecule has 0 radical (unpaired) electrons. The van der Waals surface area contributed by atoms with Gasteiger partial charge in [0.2, 0.25) is 5.91 Å². The van der Waals surface area contributed by atoms with Crippen molar-refractivity contribution in [3.05, 3.63) is 12.3 Å². The van der Waals surface area contributed by atoms with Crippen molar-refractivity contribution in [2.75, 3.05) is 6.61 Å². The van der Waals surface area contributed by atoms with Gasteiger partial charge in [0.15, 0.2) is 0 Å². The highest BCUT2D eigenvalue weighted by Crippen LogP contribution is 2.17. The molecule has 1 aliphatic carbocycles. The molecule has 3 heteroatoms. The van der Waals surface area contributed by atoms with Crippen LogP contribution in [0.4, 0.5) is 0 Å². The molecule has 0 aliphatic heterocycles. The highest BCUT2D eigenvalue weighted by molar-refractivity contribution is 5.87. The number of nitrogens with one attached hydrogen (secondary N) is 1. The first-order valence-corrected chi connectivity index (χ1v) is 6.27. The Bertz CT molecular complexity index is 230. The smallest absolute Gasteiger partial charge is 0.247 e. The Hall–Kier alpha value is -0.990. The second kappa shape index (κ2) is 7.31. The topological polar surface area (TPSA) is 38.3 Å². The van der Waals surface area contributed by atoms with Crippen molar-refractivity contribution in [1.82, 2.24) is 5.32 Å². The van der Waals surface area contributed by atoms with Crippen molar-refractivity contribution in [3.63, 3.8) is 0 Å². The molecule has 0 saturated heterocycles. The predicted octanol–water partition coefficient (Wildman–Crippen LogP) is 2.62. The summed E-state index contributed by atoms with van der Waals surface area (Å²) >= 11 is 0. The van der Waals surface area contributed by atoms with Gasteiger partial charge in [-0.3, -0.25) is 4.79 Å². The second-order valence-corrected chi connectivity index (χ2v) is 4.87. The van der Waals surface area contributed by atoms with Gasteiger partial charge in [-0.05, 0) is 18.8 Å². The summed E-state index contributed by atoms with van der Waals surface area (Å²) < 4.78 is 5.21. The summed E-state index contributed by atoms with van der Waals surface area (Å²) in [5.74, 6) is 0.460. The minimum atomic E-state index is -0.0318. The molecule has 0 aromatic rings. The molecular weight excluding hydrogens is 202 g/mol. The average molecular weight is 225 g/mol. The molecule has 0 unspecified atom stereocenters. The summed E-state index contributed by atoms with van der Waals surface area (Å²) in [6, 6.07) is 0.371. The van der Waals surface area contributed by atoms with E-state index < -0.39 is 0 Å². The summed E-state index contributed by atoms with van der Waals surface area (Å²) in [5.41, 5.74) is 0. The third kappa shape index (κ3) is 5.79. The summed E-state index contributed by atoms with van der Waals surface area (Å²) in [6.07, 6.45) is 8.99. The molecule has 1 rings (SSSR count). The van der Waals surface area contributed by atoms with Crippen LogP contribution in [0.1, 0.15) is 46.0 Å². The van der Waals surface area contributed by atoms with Crippen LogP contribution >= 0.6 is 0 Å². The Kier molecular flexibility index (Phi) is 5.98. The first-order valence-electron chi connectivity index (χ1n) is 6.27. The zero-order valence-electron chi connectivity index (χ0n) is 10.4. The maximum Gasteiger partial charge on any atom is 0.247 e. The minimum absolute atomic E-state index is 0.0318. The van der Waals surface area contributed by atoms with Crippen molar-refractivity contribution >= 4 is 5.91 Å². The Morgan fingerprint density at radius 2 is 2.06 bits per heavy atom. The molecule has 1 aliphatic rings. The number of amides is 1. The van der Waals surface area contributed by atoms with Crippen LogP contribution in [0.25, 0.3) is 0 Å². The maximum absolute atomic E-state index is 11.5. The van der Waals surface area contributed by atoms with Crippen molar-refractivity contribution in [3.8, 4) is 0 Å². The molecule has 0 atom stereocenters. The molecule has 0 aromatic heterocycles. The van der Waals surface area contributed by atoms with Crippen LogP contribution in [0.3, 0.4) is 0 Å². The van der Waals surface area contributed by atoms with E-state index in [1.807, 2.05) is 0 Å². The van der Waals surface area contributed by atoms with Gasteiger partial charge < -0.3 is 10.1 Å². The van der Waals surface area contributed by atoms with E-state index in [2.05, 4.69) is 19.2 Å². The molecule has 16 heavy (non-hydrogen) atoms. The Morgan fingerprint density at radius 1 is 1.38 bits per heavy atom. The van der Waals surface area contributed by atoms with Gasteiger partial charge in [-0.2, -0.15) is 0 Å². The number of carbonyl (C=O) groups is 1. The lowest BCUT2D eigenvalue weighted by Crippen LogP contribution is -2.35. The van der Waals surface area contributed by atoms with Gasteiger partial charge in [0.1, 0.15) is 0 Å². The average Bonchev–Trinajstić information content (AvgIpc) is 2.25. The van der Waals surface area contributed by atoms with Gasteiger partial charge >= 0.3 is 0 Å². The lowest BCUT2D eigenvalue weighted by atomic mass is 9.95. The van der Waals surface area contributed by atoms with Crippen LogP contribution in [0.15, 0.2) is 12.3 Å². The highest BCUT2D eigenvalue weighted by Gasteiger charge is 2.13. The van der Waals surface area contributed by atoms with Crippen LogP contribution < -0.4 is 5.32 Å². The van der Waals surface area contributed by atoms with Gasteiger partial charge in [-0.15, -0.1) is 0 Å². The van der Waals surface area contributed by atoms with Crippen molar-refractivity contribution in [2.24, 2.45) is 5.92 Å². The largest absolute Gasteiger partial charge is 0.501 e. The van der Waals surface area contributed by atoms with E-state index in [-0.39, 0.29) is 5.91 Å². The second-order valence-electron chi connectivity index (χ2n) is 4.87. The van der Waals surface area contributed by atoms with Crippen molar-refractivity contribution in [2.45, 2.75) is 52.0 Å². The van der Waals surface area contributed by atoms with Crippen LogP contribution in [0.5, 0.6) is 0 Å². The van der Waals surface area contributed by atoms with Crippen LogP contribution in [-0.2, 0) is 9.53 Å². The van der Waals surface area contributed by atoms with Crippen LogP contribution in [0.2, 0.25) is 0 Å². The maximum atomic E-state index is 11.5. The normalized spacial score (nSPS) is 17.9. The number of hydrogen-bond acceptors (Lipinski definition) is 2. The Labute approximate surface area is 98.2 Å². The standard InChI is InChI=1S/C13H23NO2/c1-11(2)10-16-9-8-13(15)14-12-6-4-3-5-7-12/h8-9,11-12H,3-7,10H2,1-2H3,(H,14,15)/b9-8+. The molecule has 92 valence electrons.